The fourth-order valence-corrected chi connectivity index (χ4v) is 2.37. The van der Waals surface area contributed by atoms with E-state index in [9.17, 15) is 0 Å². The molecular formula is C16H18ClN. The molecule has 2 aromatic rings. The highest BCUT2D eigenvalue weighted by Gasteiger charge is 2.07. The Bertz CT molecular complexity index is 481. The van der Waals surface area contributed by atoms with E-state index in [0.717, 1.165) is 19.3 Å². The van der Waals surface area contributed by atoms with Crippen molar-refractivity contribution in [3.05, 3.63) is 65.5 Å². The van der Waals surface area contributed by atoms with Gasteiger partial charge in [-0.15, -0.1) is 11.6 Å². The van der Waals surface area contributed by atoms with Gasteiger partial charge in [-0.25, -0.2) is 0 Å². The van der Waals surface area contributed by atoms with Gasteiger partial charge in [0, 0.05) is 17.8 Å². The van der Waals surface area contributed by atoms with Gasteiger partial charge in [0.05, 0.1) is 0 Å². The van der Waals surface area contributed by atoms with Gasteiger partial charge in [0.25, 0.3) is 0 Å². The van der Waals surface area contributed by atoms with E-state index in [2.05, 4.69) is 36.2 Å². The SMILES string of the molecule is Cc1ccccc1CCC(Cl)Cc1ccncc1. The van der Waals surface area contributed by atoms with Gasteiger partial charge in [0.1, 0.15) is 0 Å². The molecule has 0 radical (unpaired) electrons. The summed E-state index contributed by atoms with van der Waals surface area (Å²) < 4.78 is 0. The van der Waals surface area contributed by atoms with Crippen LogP contribution in [0.1, 0.15) is 23.1 Å². The van der Waals surface area contributed by atoms with Crippen molar-refractivity contribution < 1.29 is 0 Å². The third-order valence-corrected chi connectivity index (χ3v) is 3.57. The molecule has 0 saturated carbocycles. The molecule has 0 aliphatic rings. The van der Waals surface area contributed by atoms with E-state index < -0.39 is 0 Å². The number of aromatic nitrogens is 1. The van der Waals surface area contributed by atoms with E-state index in [1.54, 1.807) is 0 Å². The molecule has 0 spiro atoms. The largest absolute Gasteiger partial charge is 0.265 e. The summed E-state index contributed by atoms with van der Waals surface area (Å²) >= 11 is 6.40. The Morgan fingerprint density at radius 3 is 2.56 bits per heavy atom. The third kappa shape index (κ3) is 3.85. The van der Waals surface area contributed by atoms with Crippen molar-refractivity contribution in [1.82, 2.24) is 4.98 Å². The first-order valence-corrected chi connectivity index (χ1v) is 6.77. The van der Waals surface area contributed by atoms with Gasteiger partial charge in [-0.1, -0.05) is 24.3 Å². The fraction of sp³-hybridized carbons (Fsp3) is 0.312. The van der Waals surface area contributed by atoms with Crippen LogP contribution in [0.2, 0.25) is 0 Å². The van der Waals surface area contributed by atoms with Crippen LogP contribution in [0, 0.1) is 6.92 Å². The smallest absolute Gasteiger partial charge is 0.0379 e. The van der Waals surface area contributed by atoms with Crippen LogP contribution < -0.4 is 0 Å². The van der Waals surface area contributed by atoms with Gasteiger partial charge in [-0.3, -0.25) is 4.98 Å². The predicted molar refractivity (Wildman–Crippen MR) is 77.1 cm³/mol. The van der Waals surface area contributed by atoms with Crippen molar-refractivity contribution in [3.8, 4) is 0 Å². The molecule has 0 N–H and O–H groups in total. The first kappa shape index (κ1) is 13.1. The fourth-order valence-electron chi connectivity index (χ4n) is 2.08. The first-order chi connectivity index (χ1) is 8.75. The molecule has 1 nitrogen and oxygen atoms in total. The zero-order valence-electron chi connectivity index (χ0n) is 10.6. The molecule has 1 heterocycles. The average molecular weight is 260 g/mol. The van der Waals surface area contributed by atoms with E-state index >= 15 is 0 Å². The van der Waals surface area contributed by atoms with Crippen LogP contribution in [0.4, 0.5) is 0 Å². The van der Waals surface area contributed by atoms with Crippen LogP contribution in [0.5, 0.6) is 0 Å². The van der Waals surface area contributed by atoms with Gasteiger partial charge in [-0.2, -0.15) is 0 Å². The summed E-state index contributed by atoms with van der Waals surface area (Å²) in [4.78, 5) is 4.01. The van der Waals surface area contributed by atoms with Crippen molar-refractivity contribution in [2.75, 3.05) is 0 Å². The molecule has 2 heteroatoms. The molecule has 18 heavy (non-hydrogen) atoms. The number of halogens is 1. The van der Waals surface area contributed by atoms with E-state index in [-0.39, 0.29) is 5.38 Å². The molecule has 0 aliphatic heterocycles. The standard InChI is InChI=1S/C16H18ClN/c1-13-4-2-3-5-15(13)6-7-16(17)12-14-8-10-18-11-9-14/h2-5,8-11,16H,6-7,12H2,1H3. The van der Waals surface area contributed by atoms with E-state index in [1.165, 1.54) is 16.7 Å². The number of rotatable bonds is 5. The second-order valence-corrected chi connectivity index (χ2v) is 5.24. The molecule has 2 rings (SSSR count). The molecule has 1 aromatic heterocycles. The molecule has 0 saturated heterocycles. The lowest BCUT2D eigenvalue weighted by atomic mass is 10.0. The molecule has 1 atom stereocenters. The lowest BCUT2D eigenvalue weighted by Crippen LogP contribution is -2.05. The number of benzene rings is 1. The molecule has 0 bridgehead atoms. The Morgan fingerprint density at radius 1 is 1.11 bits per heavy atom. The zero-order chi connectivity index (χ0) is 12.8. The monoisotopic (exact) mass is 259 g/mol. The number of aryl methyl sites for hydroxylation is 2. The summed E-state index contributed by atoms with van der Waals surface area (Å²) in [5, 5.41) is 0.187. The van der Waals surface area contributed by atoms with Crippen LogP contribution in [0.25, 0.3) is 0 Å². The second kappa shape index (κ2) is 6.55. The number of hydrogen-bond acceptors (Lipinski definition) is 1. The summed E-state index contributed by atoms with van der Waals surface area (Å²) in [5.41, 5.74) is 4.01. The Balaban J connectivity index is 1.86. The van der Waals surface area contributed by atoms with Crippen LogP contribution in [-0.2, 0) is 12.8 Å². The lowest BCUT2D eigenvalue weighted by Gasteiger charge is -2.10. The van der Waals surface area contributed by atoms with Gasteiger partial charge in [-0.05, 0) is 55.0 Å². The van der Waals surface area contributed by atoms with E-state index in [4.69, 9.17) is 11.6 Å². The van der Waals surface area contributed by atoms with Gasteiger partial charge in [0.15, 0.2) is 0 Å². The summed E-state index contributed by atoms with van der Waals surface area (Å²) in [6, 6.07) is 12.6. The summed E-state index contributed by atoms with van der Waals surface area (Å²) in [7, 11) is 0. The topological polar surface area (TPSA) is 12.9 Å². The van der Waals surface area contributed by atoms with Crippen molar-refractivity contribution in [1.29, 1.82) is 0 Å². The van der Waals surface area contributed by atoms with Gasteiger partial charge in [0.2, 0.25) is 0 Å². The van der Waals surface area contributed by atoms with Crippen LogP contribution in [-0.4, -0.2) is 10.4 Å². The minimum atomic E-state index is 0.187. The van der Waals surface area contributed by atoms with Crippen molar-refractivity contribution in [2.24, 2.45) is 0 Å². The summed E-state index contributed by atoms with van der Waals surface area (Å²) in [5.74, 6) is 0. The van der Waals surface area contributed by atoms with Crippen LogP contribution in [0.15, 0.2) is 48.8 Å². The lowest BCUT2D eigenvalue weighted by molar-refractivity contribution is 0.740. The highest BCUT2D eigenvalue weighted by Crippen LogP contribution is 2.16. The molecule has 0 fully saturated rings. The minimum absolute atomic E-state index is 0.187. The highest BCUT2D eigenvalue weighted by molar-refractivity contribution is 6.20. The molecule has 1 unspecified atom stereocenters. The summed E-state index contributed by atoms with van der Waals surface area (Å²) in [6.07, 6.45) is 6.61. The maximum atomic E-state index is 6.40. The molecule has 0 amide bonds. The maximum Gasteiger partial charge on any atom is 0.0379 e. The Labute approximate surface area is 114 Å². The molecule has 0 aliphatic carbocycles. The Morgan fingerprint density at radius 2 is 1.83 bits per heavy atom. The first-order valence-electron chi connectivity index (χ1n) is 6.33. The maximum absolute atomic E-state index is 6.40. The van der Waals surface area contributed by atoms with Crippen LogP contribution in [0.3, 0.4) is 0 Å². The number of nitrogens with zero attached hydrogens (tertiary/aromatic N) is 1. The van der Waals surface area contributed by atoms with Crippen molar-refractivity contribution in [3.63, 3.8) is 0 Å². The van der Waals surface area contributed by atoms with Gasteiger partial charge >= 0.3 is 0 Å². The van der Waals surface area contributed by atoms with Crippen LogP contribution >= 0.6 is 11.6 Å². The van der Waals surface area contributed by atoms with Crippen molar-refractivity contribution >= 4 is 11.6 Å². The van der Waals surface area contributed by atoms with E-state index in [0.29, 0.717) is 0 Å². The van der Waals surface area contributed by atoms with Gasteiger partial charge < -0.3 is 0 Å². The number of hydrogen-bond donors (Lipinski definition) is 0. The number of alkyl halides is 1. The predicted octanol–water partition coefficient (Wildman–Crippen LogP) is 4.17. The Hall–Kier alpha value is -1.34. The zero-order valence-corrected chi connectivity index (χ0v) is 11.4. The summed E-state index contributed by atoms with van der Waals surface area (Å²) in [6.45, 7) is 2.15. The highest BCUT2D eigenvalue weighted by atomic mass is 35.5. The molecule has 94 valence electrons. The minimum Gasteiger partial charge on any atom is -0.265 e. The van der Waals surface area contributed by atoms with Crippen molar-refractivity contribution in [2.45, 2.75) is 31.6 Å². The molecule has 1 aromatic carbocycles. The normalized spacial score (nSPS) is 12.3. The van der Waals surface area contributed by atoms with E-state index in [1.807, 2.05) is 24.5 Å². The second-order valence-electron chi connectivity index (χ2n) is 4.62. The molecular weight excluding hydrogens is 242 g/mol. The third-order valence-electron chi connectivity index (χ3n) is 3.19. The average Bonchev–Trinajstić information content (AvgIpc) is 2.39. The number of pyridine rings is 1. The quantitative estimate of drug-likeness (QED) is 0.735. The Kier molecular flexibility index (Phi) is 4.77.